The number of carbonyl (C=O) groups is 1. The summed E-state index contributed by atoms with van der Waals surface area (Å²) in [6.07, 6.45) is 9.82. The van der Waals surface area contributed by atoms with Crippen LogP contribution in [0.15, 0.2) is 0 Å². The lowest BCUT2D eigenvalue weighted by Crippen LogP contribution is -2.52. The number of rotatable bonds is 4. The summed E-state index contributed by atoms with van der Waals surface area (Å²) >= 11 is 0. The van der Waals surface area contributed by atoms with Gasteiger partial charge in [-0.1, -0.05) is 25.7 Å². The summed E-state index contributed by atoms with van der Waals surface area (Å²) in [6.45, 7) is 4.89. The molecule has 1 saturated heterocycles. The van der Waals surface area contributed by atoms with Crippen LogP contribution in [-0.2, 0) is 4.79 Å². The first kappa shape index (κ1) is 15.8. The third-order valence-corrected chi connectivity index (χ3v) is 5.11. The molecule has 0 spiro atoms. The van der Waals surface area contributed by atoms with E-state index in [9.17, 15) is 4.79 Å². The third kappa shape index (κ3) is 4.19. The first-order valence-corrected chi connectivity index (χ1v) is 8.47. The second-order valence-corrected chi connectivity index (χ2v) is 6.52. The SMILES string of the molecule is CC(C(=O)NC1CCCCC1CN)N1CCCCCC1. The number of hydrogen-bond donors (Lipinski definition) is 2. The molecule has 0 radical (unpaired) electrons. The lowest BCUT2D eigenvalue weighted by Gasteiger charge is -2.34. The average Bonchev–Trinajstić information content (AvgIpc) is 2.76. The van der Waals surface area contributed by atoms with Gasteiger partial charge in [-0.3, -0.25) is 9.69 Å². The zero-order valence-electron chi connectivity index (χ0n) is 12.9. The third-order valence-electron chi connectivity index (χ3n) is 5.11. The summed E-state index contributed by atoms with van der Waals surface area (Å²) in [5.41, 5.74) is 5.85. The van der Waals surface area contributed by atoms with E-state index in [2.05, 4.69) is 17.1 Å². The molecule has 4 nitrogen and oxygen atoms in total. The van der Waals surface area contributed by atoms with Crippen molar-refractivity contribution < 1.29 is 4.79 Å². The summed E-state index contributed by atoms with van der Waals surface area (Å²) in [5.74, 6) is 0.682. The molecule has 0 aromatic heterocycles. The van der Waals surface area contributed by atoms with Gasteiger partial charge >= 0.3 is 0 Å². The molecule has 1 saturated carbocycles. The van der Waals surface area contributed by atoms with Crippen molar-refractivity contribution in [3.05, 3.63) is 0 Å². The van der Waals surface area contributed by atoms with E-state index in [1.807, 2.05) is 0 Å². The van der Waals surface area contributed by atoms with Crippen molar-refractivity contribution in [1.29, 1.82) is 0 Å². The Hall–Kier alpha value is -0.610. The van der Waals surface area contributed by atoms with Gasteiger partial charge in [0.15, 0.2) is 0 Å². The molecule has 116 valence electrons. The van der Waals surface area contributed by atoms with Crippen molar-refractivity contribution in [2.45, 2.75) is 70.4 Å². The van der Waals surface area contributed by atoms with Gasteiger partial charge in [0.2, 0.25) is 5.91 Å². The Balaban J connectivity index is 1.85. The van der Waals surface area contributed by atoms with Crippen molar-refractivity contribution in [1.82, 2.24) is 10.2 Å². The average molecular weight is 281 g/mol. The van der Waals surface area contributed by atoms with Crippen molar-refractivity contribution >= 4 is 5.91 Å². The van der Waals surface area contributed by atoms with Crippen LogP contribution in [0.4, 0.5) is 0 Å². The van der Waals surface area contributed by atoms with Crippen LogP contribution in [0.1, 0.15) is 58.3 Å². The van der Waals surface area contributed by atoms with Crippen LogP contribution in [0.25, 0.3) is 0 Å². The molecule has 1 heterocycles. The highest BCUT2D eigenvalue weighted by atomic mass is 16.2. The molecule has 3 unspecified atom stereocenters. The Morgan fingerprint density at radius 3 is 2.45 bits per heavy atom. The van der Waals surface area contributed by atoms with E-state index < -0.39 is 0 Å². The molecule has 3 atom stereocenters. The molecule has 0 bridgehead atoms. The maximum absolute atomic E-state index is 12.5. The smallest absolute Gasteiger partial charge is 0.237 e. The van der Waals surface area contributed by atoms with Crippen LogP contribution < -0.4 is 11.1 Å². The highest BCUT2D eigenvalue weighted by Crippen LogP contribution is 2.24. The normalized spacial score (nSPS) is 30.5. The van der Waals surface area contributed by atoms with E-state index in [-0.39, 0.29) is 11.9 Å². The topological polar surface area (TPSA) is 58.4 Å². The molecule has 1 aliphatic heterocycles. The molecule has 0 aromatic rings. The predicted octanol–water partition coefficient (Wildman–Crippen LogP) is 1.88. The van der Waals surface area contributed by atoms with E-state index in [0.717, 1.165) is 19.5 Å². The lowest BCUT2D eigenvalue weighted by atomic mass is 9.84. The zero-order valence-corrected chi connectivity index (χ0v) is 12.9. The molecule has 20 heavy (non-hydrogen) atoms. The molecular weight excluding hydrogens is 250 g/mol. The summed E-state index contributed by atoms with van der Waals surface area (Å²) < 4.78 is 0. The van der Waals surface area contributed by atoms with Gasteiger partial charge < -0.3 is 11.1 Å². The summed E-state index contributed by atoms with van der Waals surface area (Å²) in [4.78, 5) is 14.8. The Labute approximate surface area is 123 Å². The largest absolute Gasteiger partial charge is 0.352 e. The molecule has 3 N–H and O–H groups in total. The summed E-state index contributed by atoms with van der Waals surface area (Å²) in [5, 5.41) is 3.28. The number of carbonyl (C=O) groups excluding carboxylic acids is 1. The van der Waals surface area contributed by atoms with Crippen molar-refractivity contribution in [2.75, 3.05) is 19.6 Å². The van der Waals surface area contributed by atoms with Gasteiger partial charge in [0.25, 0.3) is 0 Å². The van der Waals surface area contributed by atoms with Gasteiger partial charge in [-0.2, -0.15) is 0 Å². The lowest BCUT2D eigenvalue weighted by molar-refractivity contribution is -0.127. The number of nitrogens with one attached hydrogen (secondary N) is 1. The van der Waals surface area contributed by atoms with E-state index >= 15 is 0 Å². The quantitative estimate of drug-likeness (QED) is 0.827. The van der Waals surface area contributed by atoms with Crippen molar-refractivity contribution in [3.8, 4) is 0 Å². The van der Waals surface area contributed by atoms with Crippen molar-refractivity contribution in [2.24, 2.45) is 11.7 Å². The Kier molecular flexibility index (Phi) is 6.30. The second-order valence-electron chi connectivity index (χ2n) is 6.52. The van der Waals surface area contributed by atoms with Crippen LogP contribution in [0.5, 0.6) is 0 Å². The van der Waals surface area contributed by atoms with Crippen LogP contribution in [0.3, 0.4) is 0 Å². The number of amides is 1. The van der Waals surface area contributed by atoms with Gasteiger partial charge in [-0.15, -0.1) is 0 Å². The fourth-order valence-corrected chi connectivity index (χ4v) is 3.63. The fourth-order valence-electron chi connectivity index (χ4n) is 3.63. The number of nitrogens with zero attached hydrogens (tertiary/aromatic N) is 1. The molecule has 1 aliphatic carbocycles. The number of hydrogen-bond acceptors (Lipinski definition) is 3. The Morgan fingerprint density at radius 2 is 1.80 bits per heavy atom. The minimum absolute atomic E-state index is 0.00783. The van der Waals surface area contributed by atoms with Crippen LogP contribution >= 0.6 is 0 Å². The van der Waals surface area contributed by atoms with Gasteiger partial charge in [0.05, 0.1) is 6.04 Å². The van der Waals surface area contributed by atoms with E-state index in [4.69, 9.17) is 5.73 Å². The zero-order chi connectivity index (χ0) is 14.4. The van der Waals surface area contributed by atoms with Gasteiger partial charge in [0.1, 0.15) is 0 Å². The first-order valence-electron chi connectivity index (χ1n) is 8.47. The second kappa shape index (κ2) is 7.99. The number of likely N-dealkylation sites (tertiary alicyclic amines) is 1. The number of nitrogens with two attached hydrogens (primary N) is 1. The Morgan fingerprint density at radius 1 is 1.15 bits per heavy atom. The molecule has 2 rings (SSSR count). The van der Waals surface area contributed by atoms with Gasteiger partial charge in [-0.25, -0.2) is 0 Å². The molecule has 0 aromatic carbocycles. The molecule has 4 heteroatoms. The maximum Gasteiger partial charge on any atom is 0.237 e. The highest BCUT2D eigenvalue weighted by Gasteiger charge is 2.28. The molecule has 1 amide bonds. The molecular formula is C16H31N3O. The van der Waals surface area contributed by atoms with E-state index in [1.165, 1.54) is 44.9 Å². The minimum Gasteiger partial charge on any atom is -0.352 e. The van der Waals surface area contributed by atoms with Crippen molar-refractivity contribution in [3.63, 3.8) is 0 Å². The monoisotopic (exact) mass is 281 g/mol. The summed E-state index contributed by atoms with van der Waals surface area (Å²) in [7, 11) is 0. The van der Waals surface area contributed by atoms with Crippen LogP contribution in [-0.4, -0.2) is 42.5 Å². The molecule has 2 aliphatic rings. The standard InChI is InChI=1S/C16H31N3O/c1-13(19-10-6-2-3-7-11-19)16(20)18-15-9-5-4-8-14(15)12-17/h13-15H,2-12,17H2,1H3,(H,18,20). The fraction of sp³-hybridized carbons (Fsp3) is 0.938. The van der Waals surface area contributed by atoms with Gasteiger partial charge in [0, 0.05) is 6.04 Å². The Bertz CT molecular complexity index is 300. The van der Waals surface area contributed by atoms with E-state index in [0.29, 0.717) is 18.5 Å². The van der Waals surface area contributed by atoms with Crippen LogP contribution in [0.2, 0.25) is 0 Å². The van der Waals surface area contributed by atoms with E-state index in [1.54, 1.807) is 0 Å². The first-order chi connectivity index (χ1) is 9.72. The minimum atomic E-state index is 0.00783. The maximum atomic E-state index is 12.5. The van der Waals surface area contributed by atoms with Crippen LogP contribution in [0, 0.1) is 5.92 Å². The van der Waals surface area contributed by atoms with Gasteiger partial charge in [-0.05, 0) is 58.2 Å². The molecule has 2 fully saturated rings. The summed E-state index contributed by atoms with van der Waals surface area (Å²) in [6, 6.07) is 0.309. The highest BCUT2D eigenvalue weighted by molar-refractivity contribution is 5.81. The predicted molar refractivity (Wildman–Crippen MR) is 82.4 cm³/mol.